The van der Waals surface area contributed by atoms with Crippen molar-refractivity contribution >= 4 is 40.4 Å². The standard InChI is InChI=1S/C26H21N3O6S2/c1-4-34-25(31)22-15(3)27-26-28(23(22)20-6-5-11-36-20)24(30)21(37-26)13-17-9-10-19(35-17)16-8-7-14(2)18(12-16)29(32)33/h5-13,23H,4H2,1-3H3/b21-13+. The van der Waals surface area contributed by atoms with Crippen LogP contribution in [-0.4, -0.2) is 22.1 Å². The zero-order valence-electron chi connectivity index (χ0n) is 20.1. The number of nitrogens with zero attached hydrogens (tertiary/aromatic N) is 3. The lowest BCUT2D eigenvalue weighted by Crippen LogP contribution is -2.39. The molecule has 1 unspecified atom stereocenters. The largest absolute Gasteiger partial charge is 0.463 e. The fraction of sp³-hybridized carbons (Fsp3) is 0.192. The first-order valence-corrected chi connectivity index (χ1v) is 13.1. The third-order valence-electron chi connectivity index (χ3n) is 5.92. The van der Waals surface area contributed by atoms with Crippen molar-refractivity contribution in [2.24, 2.45) is 4.99 Å². The maximum atomic E-state index is 13.6. The number of thiophene rings is 1. The number of fused-ring (bicyclic) bond motifs is 1. The Bertz CT molecular complexity index is 1740. The summed E-state index contributed by atoms with van der Waals surface area (Å²) in [6, 6.07) is 11.4. The van der Waals surface area contributed by atoms with Crippen LogP contribution in [0.1, 0.15) is 36.1 Å². The highest BCUT2D eigenvalue weighted by molar-refractivity contribution is 7.10. The van der Waals surface area contributed by atoms with E-state index in [-0.39, 0.29) is 17.9 Å². The van der Waals surface area contributed by atoms with E-state index in [9.17, 15) is 19.7 Å². The molecule has 0 spiro atoms. The predicted octanol–water partition coefficient (Wildman–Crippen LogP) is 4.34. The summed E-state index contributed by atoms with van der Waals surface area (Å²) < 4.78 is 13.1. The van der Waals surface area contributed by atoms with Crippen molar-refractivity contribution in [3.8, 4) is 11.3 Å². The molecule has 4 heterocycles. The van der Waals surface area contributed by atoms with Gasteiger partial charge in [-0.2, -0.15) is 0 Å². The Balaban J connectivity index is 1.59. The second kappa shape index (κ2) is 9.75. The van der Waals surface area contributed by atoms with Crippen LogP contribution in [0.15, 0.2) is 73.3 Å². The number of carbonyl (C=O) groups is 1. The molecule has 0 fully saturated rings. The second-order valence-corrected chi connectivity index (χ2v) is 10.3. The molecule has 5 rings (SSSR count). The topological polar surface area (TPSA) is 117 Å². The number of hydrogen-bond acceptors (Lipinski definition) is 9. The second-order valence-electron chi connectivity index (χ2n) is 8.28. The summed E-state index contributed by atoms with van der Waals surface area (Å²) >= 11 is 2.65. The number of carbonyl (C=O) groups excluding carboxylic acids is 1. The number of rotatable bonds is 6. The molecule has 188 valence electrons. The predicted molar refractivity (Wildman–Crippen MR) is 140 cm³/mol. The Labute approximate surface area is 218 Å². The van der Waals surface area contributed by atoms with Gasteiger partial charge in [-0.15, -0.1) is 11.3 Å². The third-order valence-corrected chi connectivity index (χ3v) is 7.83. The van der Waals surface area contributed by atoms with E-state index in [1.54, 1.807) is 51.1 Å². The first kappa shape index (κ1) is 24.6. The number of esters is 1. The Morgan fingerprint density at radius 3 is 2.78 bits per heavy atom. The average Bonchev–Trinajstić information content (AvgIpc) is 3.61. The Morgan fingerprint density at radius 1 is 1.27 bits per heavy atom. The van der Waals surface area contributed by atoms with Gasteiger partial charge in [0.15, 0.2) is 4.80 Å². The number of benzene rings is 1. The van der Waals surface area contributed by atoms with Gasteiger partial charge in [-0.05, 0) is 44.4 Å². The van der Waals surface area contributed by atoms with Gasteiger partial charge in [0, 0.05) is 28.1 Å². The van der Waals surface area contributed by atoms with Crippen molar-refractivity contribution in [1.29, 1.82) is 0 Å². The Morgan fingerprint density at radius 2 is 2.08 bits per heavy atom. The molecule has 1 aliphatic heterocycles. The van der Waals surface area contributed by atoms with Crippen LogP contribution in [0.4, 0.5) is 5.69 Å². The van der Waals surface area contributed by atoms with Gasteiger partial charge in [0.25, 0.3) is 11.2 Å². The number of nitro groups is 1. The summed E-state index contributed by atoms with van der Waals surface area (Å²) in [4.78, 5) is 43.2. The first-order valence-electron chi connectivity index (χ1n) is 11.4. The molecule has 4 aromatic rings. The van der Waals surface area contributed by atoms with Gasteiger partial charge in [-0.25, -0.2) is 9.79 Å². The minimum Gasteiger partial charge on any atom is -0.463 e. The highest BCUT2D eigenvalue weighted by Gasteiger charge is 2.33. The van der Waals surface area contributed by atoms with E-state index < -0.39 is 16.9 Å². The van der Waals surface area contributed by atoms with E-state index in [1.807, 2.05) is 17.5 Å². The summed E-state index contributed by atoms with van der Waals surface area (Å²) in [6.07, 6.45) is 1.62. The fourth-order valence-corrected chi connectivity index (χ4v) is 6.03. The van der Waals surface area contributed by atoms with Crippen LogP contribution in [0.2, 0.25) is 0 Å². The molecule has 3 aromatic heterocycles. The van der Waals surface area contributed by atoms with Gasteiger partial charge >= 0.3 is 5.97 Å². The van der Waals surface area contributed by atoms with Crippen LogP contribution in [0.3, 0.4) is 0 Å². The van der Waals surface area contributed by atoms with Crippen molar-refractivity contribution in [1.82, 2.24) is 4.57 Å². The minimum absolute atomic E-state index is 0.00473. The SMILES string of the molecule is CCOC(=O)C1=C(C)N=c2s/c(=C/c3ccc(-c4ccc(C)c([N+](=O)[O-])c4)o3)c(=O)n2C1c1cccs1. The van der Waals surface area contributed by atoms with Crippen molar-refractivity contribution in [3.05, 3.63) is 105 Å². The molecule has 11 heteroatoms. The number of hydrogen-bond donors (Lipinski definition) is 0. The molecule has 0 saturated carbocycles. The molecule has 0 saturated heterocycles. The summed E-state index contributed by atoms with van der Waals surface area (Å²) in [5, 5.41) is 13.2. The Hall–Kier alpha value is -4.09. The zero-order valence-corrected chi connectivity index (χ0v) is 21.7. The number of furan rings is 1. The lowest BCUT2D eigenvalue weighted by atomic mass is 10.0. The van der Waals surface area contributed by atoms with Crippen molar-refractivity contribution in [2.45, 2.75) is 26.8 Å². The van der Waals surface area contributed by atoms with E-state index in [0.29, 0.717) is 43.3 Å². The van der Waals surface area contributed by atoms with Gasteiger partial charge in [0.2, 0.25) is 0 Å². The van der Waals surface area contributed by atoms with E-state index in [1.165, 1.54) is 33.3 Å². The molecule has 1 aliphatic rings. The summed E-state index contributed by atoms with van der Waals surface area (Å²) in [7, 11) is 0. The molecule has 1 aromatic carbocycles. The van der Waals surface area contributed by atoms with E-state index in [2.05, 4.69) is 4.99 Å². The molecule has 1 atom stereocenters. The first-order chi connectivity index (χ1) is 17.8. The van der Waals surface area contributed by atoms with E-state index >= 15 is 0 Å². The van der Waals surface area contributed by atoms with E-state index in [0.717, 1.165) is 4.88 Å². The van der Waals surface area contributed by atoms with Crippen LogP contribution in [0.5, 0.6) is 0 Å². The highest BCUT2D eigenvalue weighted by atomic mass is 32.1. The number of aryl methyl sites for hydroxylation is 1. The van der Waals surface area contributed by atoms with Crippen LogP contribution < -0.4 is 14.9 Å². The number of aromatic nitrogens is 1. The molecule has 0 radical (unpaired) electrons. The smallest absolute Gasteiger partial charge is 0.338 e. The van der Waals surface area contributed by atoms with Gasteiger partial charge in [-0.1, -0.05) is 29.5 Å². The van der Waals surface area contributed by atoms with Gasteiger partial charge < -0.3 is 9.15 Å². The molecule has 0 amide bonds. The molecular weight excluding hydrogens is 514 g/mol. The monoisotopic (exact) mass is 535 g/mol. The summed E-state index contributed by atoms with van der Waals surface area (Å²) in [5.74, 6) is 0.357. The van der Waals surface area contributed by atoms with Crippen LogP contribution >= 0.6 is 22.7 Å². The highest BCUT2D eigenvalue weighted by Crippen LogP contribution is 2.33. The van der Waals surface area contributed by atoms with Crippen LogP contribution in [0, 0.1) is 17.0 Å². The number of allylic oxidation sites excluding steroid dienone is 1. The summed E-state index contributed by atoms with van der Waals surface area (Å²) in [6.45, 7) is 5.36. The van der Waals surface area contributed by atoms with Crippen LogP contribution in [-0.2, 0) is 9.53 Å². The van der Waals surface area contributed by atoms with Crippen molar-refractivity contribution in [2.75, 3.05) is 6.61 Å². The molecule has 0 N–H and O–H groups in total. The molecular formula is C26H21N3O6S2. The third kappa shape index (κ3) is 4.47. The maximum Gasteiger partial charge on any atom is 0.338 e. The molecule has 0 aliphatic carbocycles. The average molecular weight is 536 g/mol. The number of ether oxygens (including phenoxy) is 1. The number of thiazole rings is 1. The van der Waals surface area contributed by atoms with Crippen molar-refractivity contribution < 1.29 is 18.9 Å². The summed E-state index contributed by atoms with van der Waals surface area (Å²) in [5.41, 5.74) is 1.66. The van der Waals surface area contributed by atoms with E-state index in [4.69, 9.17) is 9.15 Å². The van der Waals surface area contributed by atoms with Crippen LogP contribution in [0.25, 0.3) is 17.4 Å². The van der Waals surface area contributed by atoms with Gasteiger partial charge in [-0.3, -0.25) is 19.5 Å². The Kier molecular flexibility index (Phi) is 6.48. The fourth-order valence-electron chi connectivity index (χ4n) is 4.18. The lowest BCUT2D eigenvalue weighted by molar-refractivity contribution is -0.385. The molecule has 9 nitrogen and oxygen atoms in total. The minimum atomic E-state index is -0.641. The number of nitro benzene ring substituents is 1. The normalized spacial score (nSPS) is 15.4. The van der Waals surface area contributed by atoms with Crippen molar-refractivity contribution in [3.63, 3.8) is 0 Å². The quantitative estimate of drug-likeness (QED) is 0.206. The zero-order chi connectivity index (χ0) is 26.3. The lowest BCUT2D eigenvalue weighted by Gasteiger charge is -2.23. The van der Waals surface area contributed by atoms with Gasteiger partial charge in [0.1, 0.15) is 17.6 Å². The van der Waals surface area contributed by atoms with Gasteiger partial charge in [0.05, 0.1) is 27.3 Å². The molecule has 37 heavy (non-hydrogen) atoms. The maximum absolute atomic E-state index is 13.6. The molecule has 0 bridgehead atoms.